The molecule has 1 fully saturated rings. The summed E-state index contributed by atoms with van der Waals surface area (Å²) in [7, 11) is -2.45. The van der Waals surface area contributed by atoms with Crippen molar-refractivity contribution < 1.29 is 38.4 Å². The highest BCUT2D eigenvalue weighted by Gasteiger charge is 2.50. The molecule has 2 rings (SSSR count). The zero-order valence-corrected chi connectivity index (χ0v) is 22.2. The summed E-state index contributed by atoms with van der Waals surface area (Å²) in [4.78, 5) is 50.1. The van der Waals surface area contributed by atoms with Gasteiger partial charge in [0.1, 0.15) is 31.0 Å². The Morgan fingerprint density at radius 2 is 1.86 bits per heavy atom. The Kier molecular flexibility index (Phi) is 9.22. The number of carbonyl (C=O) groups excluding carboxylic acids is 2. The first-order chi connectivity index (χ1) is 16.1. The molecule has 3 N–H and O–H groups in total. The average Bonchev–Trinajstić information content (AvgIpc) is 3.01. The molecule has 0 bridgehead atoms. The van der Waals surface area contributed by atoms with Crippen LogP contribution >= 0.6 is 0 Å². The lowest BCUT2D eigenvalue weighted by atomic mass is 10.0. The van der Waals surface area contributed by atoms with Gasteiger partial charge >= 0.3 is 17.6 Å². The quantitative estimate of drug-likeness (QED) is 0.305. The number of nitrogens with zero attached hydrogens (tertiary/aromatic N) is 1. The zero-order chi connectivity index (χ0) is 26.7. The third-order valence-corrected chi connectivity index (χ3v) is 10.8. The molecule has 0 aliphatic carbocycles. The Bertz CT molecular complexity index is 1030. The molecule has 12 nitrogen and oxygen atoms in total. The van der Waals surface area contributed by atoms with Crippen LogP contribution in [-0.2, 0) is 34.8 Å². The number of esters is 2. The summed E-state index contributed by atoms with van der Waals surface area (Å²) >= 11 is 0. The maximum Gasteiger partial charge on any atom is 0.328 e. The van der Waals surface area contributed by atoms with E-state index in [4.69, 9.17) is 18.6 Å². The number of aliphatic hydroxyl groups excluding tert-OH is 2. The molecule has 1 aromatic rings. The van der Waals surface area contributed by atoms with Crippen molar-refractivity contribution in [1.29, 1.82) is 0 Å². The summed E-state index contributed by atoms with van der Waals surface area (Å²) in [5.41, 5.74) is -1.52. The van der Waals surface area contributed by atoms with Crippen LogP contribution in [0.25, 0.3) is 0 Å². The number of hydrogen-bond donors (Lipinski definition) is 3. The minimum absolute atomic E-state index is 0.00243. The van der Waals surface area contributed by atoms with Crippen LogP contribution in [-0.4, -0.2) is 77.6 Å². The van der Waals surface area contributed by atoms with E-state index in [0.29, 0.717) is 0 Å². The molecule has 13 heteroatoms. The smallest absolute Gasteiger partial charge is 0.328 e. The Labute approximate surface area is 204 Å². The summed E-state index contributed by atoms with van der Waals surface area (Å²) in [6.07, 6.45) is -4.00. The van der Waals surface area contributed by atoms with E-state index in [9.17, 15) is 29.4 Å². The molecule has 0 spiro atoms. The number of aliphatic hydroxyl groups is 2. The maximum atomic E-state index is 12.8. The standard InChI is InChI=1S/C22H36N2O10Si/c1-12(26)31-11-14(32-13(2)27)8-24-9-15(20(29)23-21(24)30)18-19(17(28)16(10-25)33-18)34-35(6,7)22(3,4)5/h9,14,16-19,25,28H,8,10-11H2,1-7H3,(H,23,29,30)/t14?,16-,17+,18+,19?/m1/s1. The highest BCUT2D eigenvalue weighted by molar-refractivity contribution is 6.74. The Morgan fingerprint density at radius 3 is 2.37 bits per heavy atom. The van der Waals surface area contributed by atoms with E-state index in [0.717, 1.165) is 4.57 Å². The van der Waals surface area contributed by atoms with Gasteiger partial charge in [-0.1, -0.05) is 20.8 Å². The van der Waals surface area contributed by atoms with Crippen molar-refractivity contribution in [3.63, 3.8) is 0 Å². The molecule has 0 radical (unpaired) electrons. The van der Waals surface area contributed by atoms with Crippen molar-refractivity contribution in [3.05, 3.63) is 32.6 Å². The first-order valence-electron chi connectivity index (χ1n) is 11.3. The number of nitrogens with one attached hydrogen (secondary N) is 1. The van der Waals surface area contributed by atoms with Crippen LogP contribution in [0.1, 0.15) is 46.3 Å². The number of H-pyrrole nitrogens is 1. The fourth-order valence-electron chi connectivity index (χ4n) is 3.44. The second-order valence-electron chi connectivity index (χ2n) is 10.1. The summed E-state index contributed by atoms with van der Waals surface area (Å²) in [6.45, 7) is 11.4. The molecule has 5 atom stereocenters. The van der Waals surface area contributed by atoms with Crippen LogP contribution < -0.4 is 11.2 Å². The minimum Gasteiger partial charge on any atom is -0.462 e. The van der Waals surface area contributed by atoms with E-state index in [1.54, 1.807) is 0 Å². The Morgan fingerprint density at radius 1 is 1.23 bits per heavy atom. The van der Waals surface area contributed by atoms with Crippen molar-refractivity contribution in [2.75, 3.05) is 13.2 Å². The fourth-order valence-corrected chi connectivity index (χ4v) is 4.74. The first-order valence-corrected chi connectivity index (χ1v) is 14.2. The largest absolute Gasteiger partial charge is 0.462 e. The van der Waals surface area contributed by atoms with Crippen LogP contribution in [0.5, 0.6) is 0 Å². The highest BCUT2D eigenvalue weighted by atomic mass is 28.4. The van der Waals surface area contributed by atoms with Gasteiger partial charge in [0.05, 0.1) is 18.7 Å². The van der Waals surface area contributed by atoms with Crippen LogP contribution in [0.2, 0.25) is 18.1 Å². The predicted molar refractivity (Wildman–Crippen MR) is 126 cm³/mol. The van der Waals surface area contributed by atoms with Gasteiger partial charge in [0.2, 0.25) is 0 Å². The van der Waals surface area contributed by atoms with Crippen LogP contribution in [0.3, 0.4) is 0 Å². The summed E-state index contributed by atoms with van der Waals surface area (Å²) in [5.74, 6) is -1.23. The second kappa shape index (κ2) is 11.2. The lowest BCUT2D eigenvalue weighted by Crippen LogP contribution is -2.49. The lowest BCUT2D eigenvalue weighted by Gasteiger charge is -2.40. The van der Waals surface area contributed by atoms with Gasteiger partial charge in [0.15, 0.2) is 14.4 Å². The van der Waals surface area contributed by atoms with Crippen LogP contribution in [0.15, 0.2) is 15.8 Å². The summed E-state index contributed by atoms with van der Waals surface area (Å²) in [5, 5.41) is 20.3. The fraction of sp³-hybridized carbons (Fsp3) is 0.727. The van der Waals surface area contributed by atoms with E-state index in [1.807, 2.05) is 33.9 Å². The highest BCUT2D eigenvalue weighted by Crippen LogP contribution is 2.42. The van der Waals surface area contributed by atoms with Gasteiger partial charge in [0, 0.05) is 20.0 Å². The third-order valence-electron chi connectivity index (χ3n) is 6.30. The number of hydrogen-bond acceptors (Lipinski definition) is 10. The van der Waals surface area contributed by atoms with Crippen molar-refractivity contribution in [3.8, 4) is 0 Å². The van der Waals surface area contributed by atoms with Gasteiger partial charge in [-0.05, 0) is 18.1 Å². The predicted octanol–water partition coefficient (Wildman–Crippen LogP) is 0.215. The summed E-state index contributed by atoms with van der Waals surface area (Å²) < 4.78 is 23.3. The molecule has 2 unspecified atom stereocenters. The number of aromatic nitrogens is 2. The molecular weight excluding hydrogens is 480 g/mol. The van der Waals surface area contributed by atoms with E-state index >= 15 is 0 Å². The van der Waals surface area contributed by atoms with E-state index in [1.165, 1.54) is 20.0 Å². The van der Waals surface area contributed by atoms with Gasteiger partial charge in [0.25, 0.3) is 5.56 Å². The Balaban J connectivity index is 2.46. The van der Waals surface area contributed by atoms with Gasteiger partial charge in [-0.25, -0.2) is 4.79 Å². The minimum atomic E-state index is -2.45. The number of carbonyl (C=O) groups is 2. The normalized spacial score (nSPS) is 23.7. The molecule has 0 amide bonds. The monoisotopic (exact) mass is 516 g/mol. The van der Waals surface area contributed by atoms with Crippen molar-refractivity contribution >= 4 is 20.3 Å². The van der Waals surface area contributed by atoms with Crippen molar-refractivity contribution in [1.82, 2.24) is 9.55 Å². The van der Waals surface area contributed by atoms with Crippen molar-refractivity contribution in [2.45, 2.75) is 89.8 Å². The second-order valence-corrected chi connectivity index (χ2v) is 14.9. The van der Waals surface area contributed by atoms with Crippen molar-refractivity contribution in [2.24, 2.45) is 0 Å². The maximum absolute atomic E-state index is 12.8. The lowest BCUT2D eigenvalue weighted by molar-refractivity contribution is -0.157. The molecule has 1 aliphatic heterocycles. The van der Waals surface area contributed by atoms with E-state index in [2.05, 4.69) is 4.98 Å². The molecule has 35 heavy (non-hydrogen) atoms. The Hall–Kier alpha value is -2.32. The van der Waals surface area contributed by atoms with Gasteiger partial charge < -0.3 is 28.8 Å². The van der Waals surface area contributed by atoms with Gasteiger partial charge in [-0.15, -0.1) is 0 Å². The SMILES string of the molecule is CC(=O)OCC(Cn1cc([C@@H]2O[C@H](CO)[C@H](O)C2O[Si](C)(C)C(C)(C)C)c(=O)[nH]c1=O)OC(C)=O. The van der Waals surface area contributed by atoms with E-state index in [-0.39, 0.29) is 23.8 Å². The third kappa shape index (κ3) is 7.10. The molecule has 0 saturated carbocycles. The molecular formula is C22H36N2O10Si. The average molecular weight is 517 g/mol. The molecule has 2 heterocycles. The number of aromatic amines is 1. The summed E-state index contributed by atoms with van der Waals surface area (Å²) in [6, 6.07) is 0. The van der Waals surface area contributed by atoms with Crippen LogP contribution in [0, 0.1) is 0 Å². The van der Waals surface area contributed by atoms with Gasteiger partial charge in [-0.3, -0.25) is 23.9 Å². The van der Waals surface area contributed by atoms with Crippen LogP contribution in [0.4, 0.5) is 0 Å². The van der Waals surface area contributed by atoms with E-state index < -0.39 is 68.6 Å². The zero-order valence-electron chi connectivity index (χ0n) is 21.2. The molecule has 198 valence electrons. The molecule has 1 saturated heterocycles. The molecule has 1 aliphatic rings. The molecule has 0 aromatic carbocycles. The first kappa shape index (κ1) is 28.9. The topological polar surface area (TPSA) is 166 Å². The number of rotatable bonds is 9. The van der Waals surface area contributed by atoms with Gasteiger partial charge in [-0.2, -0.15) is 0 Å². The molecule has 1 aromatic heterocycles. The number of ether oxygens (including phenoxy) is 3.